The van der Waals surface area contributed by atoms with Crippen molar-refractivity contribution in [1.82, 2.24) is 60.6 Å². The van der Waals surface area contributed by atoms with Gasteiger partial charge in [0.15, 0.2) is 0 Å². The summed E-state index contributed by atoms with van der Waals surface area (Å²) in [6, 6.07) is 14.3. The Morgan fingerprint density at radius 2 is 1.33 bits per heavy atom. The molecule has 1 unspecified atom stereocenters. The van der Waals surface area contributed by atoms with Gasteiger partial charge in [-0.05, 0) is 123 Å². The van der Waals surface area contributed by atoms with Gasteiger partial charge in [-0.15, -0.1) is 0 Å². The predicted octanol–water partition coefficient (Wildman–Crippen LogP) is 2.61. The summed E-state index contributed by atoms with van der Waals surface area (Å²) >= 11 is 2.25. The van der Waals surface area contributed by atoms with E-state index in [1.807, 2.05) is 29.2 Å². The zero-order chi connectivity index (χ0) is 68.0. The molecule has 7 N–H and O–H groups in total. The molecule has 30 heteroatoms. The summed E-state index contributed by atoms with van der Waals surface area (Å²) in [5.74, 6) is -7.78. The first-order valence-electron chi connectivity index (χ1n) is 32.1. The number of likely N-dealkylation sites (tertiary alicyclic amines) is 1. The molecule has 0 bridgehead atoms. The van der Waals surface area contributed by atoms with Crippen LogP contribution in [0.3, 0.4) is 0 Å². The van der Waals surface area contributed by atoms with Gasteiger partial charge in [0.2, 0.25) is 29.5 Å². The molecule has 1 aromatic heterocycles. The number of carbonyl (C=O) groups is 9. The number of hydrogen-bond donors (Lipinski definition) is 7. The Morgan fingerprint density at radius 3 is 1.95 bits per heavy atom. The monoisotopic (exact) mass is 1430 g/mol. The number of alkyl halides is 2. The largest absolute Gasteiger partial charge is 0.494 e. The molecule has 94 heavy (non-hydrogen) atoms. The third-order valence-electron chi connectivity index (χ3n) is 16.5. The number of nitrogens with zero attached hydrogens (tertiary/aromatic N) is 10. The van der Waals surface area contributed by atoms with Gasteiger partial charge in [-0.25, -0.2) is 8.78 Å². The van der Waals surface area contributed by atoms with Crippen LogP contribution in [0.15, 0.2) is 59.7 Å². The van der Waals surface area contributed by atoms with E-state index in [2.05, 4.69) is 58.7 Å². The maximum absolute atomic E-state index is 13.9. The molecule has 3 aromatic rings. The molecule has 3 aliphatic rings. The molecule has 0 radical (unpaired) electrons. The number of aryl methyl sites for hydroxylation is 1. The summed E-state index contributed by atoms with van der Waals surface area (Å²) in [6.07, 6.45) is 6.65. The van der Waals surface area contributed by atoms with Gasteiger partial charge in [-0.1, -0.05) is 18.6 Å². The van der Waals surface area contributed by atoms with Crippen molar-refractivity contribution in [2.75, 3.05) is 144 Å². The van der Waals surface area contributed by atoms with Crippen molar-refractivity contribution in [2.24, 2.45) is 4.99 Å². The van der Waals surface area contributed by atoms with Crippen molar-refractivity contribution in [3.05, 3.63) is 69.4 Å². The van der Waals surface area contributed by atoms with Crippen molar-refractivity contribution in [1.29, 1.82) is 5.26 Å². The van der Waals surface area contributed by atoms with Crippen LogP contribution in [0.4, 0.5) is 8.78 Å². The maximum atomic E-state index is 13.9. The number of amides is 6. The van der Waals surface area contributed by atoms with Gasteiger partial charge in [-0.3, -0.25) is 77.6 Å². The minimum Gasteiger partial charge on any atom is -0.494 e. The number of aliphatic carboxylic acids is 3. The van der Waals surface area contributed by atoms with Gasteiger partial charge in [-0.2, -0.15) is 5.26 Å². The number of aromatic nitrogens is 1. The van der Waals surface area contributed by atoms with E-state index in [0.717, 1.165) is 27.0 Å². The molecule has 0 aliphatic carbocycles. The zero-order valence-corrected chi connectivity index (χ0v) is 55.6. The highest BCUT2D eigenvalue weighted by Crippen LogP contribution is 2.32. The number of nitriles is 1. The fourth-order valence-corrected chi connectivity index (χ4v) is 11.7. The second kappa shape index (κ2) is 39.3. The maximum Gasteiger partial charge on any atom is 0.317 e. The number of pyridine rings is 1. The first kappa shape index (κ1) is 75.5. The summed E-state index contributed by atoms with van der Waals surface area (Å²) in [5, 5.41) is 49.8. The van der Waals surface area contributed by atoms with E-state index in [1.54, 1.807) is 50.8 Å². The van der Waals surface area contributed by atoms with Gasteiger partial charge in [0.25, 0.3) is 11.8 Å². The van der Waals surface area contributed by atoms with E-state index >= 15 is 0 Å². The lowest BCUT2D eigenvalue weighted by Crippen LogP contribution is -2.52. The van der Waals surface area contributed by atoms with Crippen LogP contribution in [0.1, 0.15) is 93.5 Å². The summed E-state index contributed by atoms with van der Waals surface area (Å²) in [5.41, 5.74) is 1.87. The SMILES string of the molecule is CC(=NCCCCC(NC(=O)CN1CCN(CC(=O)O)CCN(CC(=O)O)CCN(CC(=O)O)CC1)C(=O)NCCCCCC(=O)N1CCN(CCCOc2ccc3nccc(C(=O)NCC(=O)N4CC(F)(F)C[C@@H]4C#N)c3c2)CC1)NC(=O)CCCc1ccc(I)cc1. The number of ether oxygens (including phenoxy) is 1. The minimum atomic E-state index is -3.18. The van der Waals surface area contributed by atoms with Crippen molar-refractivity contribution >= 4 is 92.7 Å². The summed E-state index contributed by atoms with van der Waals surface area (Å²) in [4.78, 5) is 136. The third-order valence-corrected chi connectivity index (χ3v) is 17.2. The molecular weight excluding hydrogens is 1340 g/mol. The third kappa shape index (κ3) is 27.4. The molecular formula is C64H89F2IN14O13. The first-order chi connectivity index (χ1) is 45.0. The van der Waals surface area contributed by atoms with Crippen LogP contribution < -0.4 is 26.0 Å². The molecule has 3 fully saturated rings. The van der Waals surface area contributed by atoms with Gasteiger partial charge < -0.3 is 51.1 Å². The number of carboxylic acids is 3. The van der Waals surface area contributed by atoms with Crippen molar-refractivity contribution < 1.29 is 72.0 Å². The van der Waals surface area contributed by atoms with E-state index in [0.29, 0.717) is 126 Å². The van der Waals surface area contributed by atoms with E-state index in [9.17, 15) is 72.5 Å². The van der Waals surface area contributed by atoms with Crippen molar-refractivity contribution in [3.63, 3.8) is 0 Å². The normalized spacial score (nSPS) is 17.6. The molecule has 0 saturated carbocycles. The molecule has 3 saturated heterocycles. The molecule has 6 rings (SSSR count). The average molecular weight is 1430 g/mol. The van der Waals surface area contributed by atoms with Crippen LogP contribution in [0.2, 0.25) is 0 Å². The van der Waals surface area contributed by atoms with E-state index < -0.39 is 79.1 Å². The Morgan fingerprint density at radius 1 is 0.713 bits per heavy atom. The van der Waals surface area contributed by atoms with Gasteiger partial charge >= 0.3 is 17.9 Å². The van der Waals surface area contributed by atoms with Crippen LogP contribution in [0, 0.1) is 14.9 Å². The fraction of sp³-hybridized carbons (Fsp3) is 0.594. The fourth-order valence-electron chi connectivity index (χ4n) is 11.3. The summed E-state index contributed by atoms with van der Waals surface area (Å²) in [7, 11) is 0. The Balaban J connectivity index is 0.932. The summed E-state index contributed by atoms with van der Waals surface area (Å²) < 4.78 is 35.0. The second-order valence-electron chi connectivity index (χ2n) is 23.9. The smallest absolute Gasteiger partial charge is 0.317 e. The number of halogens is 3. The van der Waals surface area contributed by atoms with Crippen LogP contribution >= 0.6 is 22.6 Å². The van der Waals surface area contributed by atoms with Crippen LogP contribution in [0.5, 0.6) is 5.75 Å². The minimum absolute atomic E-state index is 0.0449. The van der Waals surface area contributed by atoms with Crippen LogP contribution in [0.25, 0.3) is 10.9 Å². The molecule has 3 aliphatic heterocycles. The Bertz CT molecular complexity index is 3080. The molecule has 6 amide bonds. The van der Waals surface area contributed by atoms with Gasteiger partial charge in [0.05, 0.1) is 68.9 Å². The number of piperazine rings is 1. The lowest BCUT2D eigenvalue weighted by molar-refractivity contribution is -0.140. The van der Waals surface area contributed by atoms with E-state index in [1.165, 1.54) is 12.3 Å². The van der Waals surface area contributed by atoms with Gasteiger partial charge in [0.1, 0.15) is 17.8 Å². The Labute approximate surface area is 560 Å². The molecule has 2 atom stereocenters. The highest BCUT2D eigenvalue weighted by Gasteiger charge is 2.47. The number of nitrogens with one attached hydrogen (secondary N) is 4. The van der Waals surface area contributed by atoms with Crippen LogP contribution in [-0.2, 0) is 44.8 Å². The van der Waals surface area contributed by atoms with E-state index in [-0.39, 0.29) is 102 Å². The standard InChI is InChI=1S/C64H89F2IN14O13/c1-46(73-55(82)11-7-9-47-13-15-48(67)16-14-47)69-20-6-4-10-54(74-56(83)41-76-24-26-77(42-59(86)87)28-30-79(44-61(90)91)31-29-78(27-25-76)43-60(88)89)63(93)71-21-5-2-3-12-57(84)80-34-32-75(33-35-80)23-8-36-94-50-17-18-53-52(37-50)51(19-22-70-53)62(92)72-40-58(85)81-45-64(65,66)38-49(81)39-68/h13-19,22,37,49,54H,2-12,20-21,23-36,38,40-45H2,1H3,(H,71,93)(H,72,92)(H,74,83)(H,86,87)(H,88,89)(H,90,91)(H,69,73,82)/t49-,54?/m1/s1. The number of benzene rings is 2. The molecule has 27 nitrogen and oxygen atoms in total. The van der Waals surface area contributed by atoms with Crippen molar-refractivity contribution in [3.8, 4) is 11.8 Å². The number of amidine groups is 1. The van der Waals surface area contributed by atoms with Crippen LogP contribution in [-0.4, -0.2) is 276 Å². The molecule has 0 spiro atoms. The quantitative estimate of drug-likeness (QED) is 0.0199. The number of aliphatic imine (C=N–C) groups is 1. The topological polar surface area (TPSA) is 343 Å². The van der Waals surface area contributed by atoms with E-state index in [4.69, 9.17) is 4.74 Å². The molecule has 4 heterocycles. The Hall–Kier alpha value is -7.57. The average Bonchev–Trinajstić information content (AvgIpc) is 1.02. The Kier molecular flexibility index (Phi) is 31.6. The number of carbonyl (C=O) groups excluding carboxylic acids is 6. The molecule has 514 valence electrons. The number of rotatable bonds is 33. The summed E-state index contributed by atoms with van der Waals surface area (Å²) in [6.45, 7) is 5.11. The lowest BCUT2D eigenvalue weighted by atomic mass is 10.1. The number of hydrogen-bond acceptors (Lipinski definition) is 18. The van der Waals surface area contributed by atoms with Crippen molar-refractivity contribution in [2.45, 2.75) is 102 Å². The first-order valence-corrected chi connectivity index (χ1v) is 33.1. The number of carboxylic acid groups (broad SMARTS) is 3. The number of fused-ring (bicyclic) bond motifs is 1. The number of unbranched alkanes of at least 4 members (excludes halogenated alkanes) is 3. The zero-order valence-electron chi connectivity index (χ0n) is 53.4. The van der Waals surface area contributed by atoms with Gasteiger partial charge in [0, 0.05) is 133 Å². The second-order valence-corrected chi connectivity index (χ2v) is 25.1. The molecule has 2 aromatic carbocycles. The highest BCUT2D eigenvalue weighted by atomic mass is 127. The lowest BCUT2D eigenvalue weighted by Gasteiger charge is -2.34. The predicted molar refractivity (Wildman–Crippen MR) is 352 cm³/mol. The highest BCUT2D eigenvalue weighted by molar-refractivity contribution is 14.1.